The molecule has 4 rings (SSSR count). The molecule has 0 saturated carbocycles. The van der Waals surface area contributed by atoms with Crippen molar-refractivity contribution in [1.29, 1.82) is 0 Å². The van der Waals surface area contributed by atoms with Gasteiger partial charge in [0, 0.05) is 18.8 Å². The fraction of sp³-hybridized carbons (Fsp3) is 0.240. The highest BCUT2D eigenvalue weighted by molar-refractivity contribution is 7.89. The van der Waals surface area contributed by atoms with Gasteiger partial charge in [0.2, 0.25) is 10.0 Å². The molecule has 1 aliphatic heterocycles. The number of nitrogens with zero attached hydrogens (tertiary/aromatic N) is 1. The number of methoxy groups -OCH3 is 1. The first kappa shape index (κ1) is 23.7. The molecule has 0 radical (unpaired) electrons. The van der Waals surface area contributed by atoms with Crippen LogP contribution >= 0.6 is 0 Å². The van der Waals surface area contributed by atoms with Gasteiger partial charge in [-0.25, -0.2) is 8.42 Å². The average Bonchev–Trinajstić information content (AvgIpc) is 2.86. The van der Waals surface area contributed by atoms with Crippen LogP contribution < -0.4 is 14.8 Å². The lowest BCUT2D eigenvalue weighted by Gasteiger charge is -2.26. The molecular weight excluding hydrogens is 456 g/mol. The predicted molar refractivity (Wildman–Crippen MR) is 128 cm³/mol. The lowest BCUT2D eigenvalue weighted by atomic mass is 10.2. The van der Waals surface area contributed by atoms with Crippen LogP contribution in [0.25, 0.3) is 0 Å². The van der Waals surface area contributed by atoms with Gasteiger partial charge in [-0.05, 0) is 61.5 Å². The van der Waals surface area contributed by atoms with Crippen molar-refractivity contribution in [1.82, 2.24) is 4.31 Å². The Morgan fingerprint density at radius 3 is 2.18 bits per heavy atom. The molecule has 0 unspecified atom stereocenters. The van der Waals surface area contributed by atoms with Crippen molar-refractivity contribution in [2.24, 2.45) is 0 Å². The molecule has 1 N–H and O–H groups in total. The van der Waals surface area contributed by atoms with E-state index >= 15 is 0 Å². The third-order valence-corrected chi connectivity index (χ3v) is 7.29. The summed E-state index contributed by atoms with van der Waals surface area (Å²) >= 11 is 0. The van der Waals surface area contributed by atoms with Crippen LogP contribution in [0.15, 0.2) is 71.6 Å². The van der Waals surface area contributed by atoms with E-state index in [-0.39, 0.29) is 29.3 Å². The number of carbonyl (C=O) groups excluding carboxylic acids is 1. The third kappa shape index (κ3) is 5.39. The Bertz CT molecular complexity index is 1250. The van der Waals surface area contributed by atoms with Crippen LogP contribution in [0.3, 0.4) is 0 Å². The van der Waals surface area contributed by atoms with Crippen LogP contribution in [0.4, 0.5) is 5.69 Å². The maximum atomic E-state index is 13.0. The highest BCUT2D eigenvalue weighted by Gasteiger charge is 2.28. The van der Waals surface area contributed by atoms with Crippen molar-refractivity contribution in [2.45, 2.75) is 11.8 Å². The molecule has 0 aliphatic carbocycles. The van der Waals surface area contributed by atoms with Gasteiger partial charge in [-0.2, -0.15) is 4.31 Å². The molecule has 178 valence electrons. The summed E-state index contributed by atoms with van der Waals surface area (Å²) in [5.41, 5.74) is 1.80. The Labute approximate surface area is 199 Å². The minimum Gasteiger partial charge on any atom is -0.496 e. The maximum Gasteiger partial charge on any atom is 0.259 e. The van der Waals surface area contributed by atoms with Crippen LogP contribution in [0.5, 0.6) is 17.2 Å². The van der Waals surface area contributed by atoms with Crippen LogP contribution in [0, 0.1) is 6.92 Å². The number of sulfonamides is 1. The van der Waals surface area contributed by atoms with Gasteiger partial charge >= 0.3 is 0 Å². The fourth-order valence-electron chi connectivity index (χ4n) is 3.51. The largest absolute Gasteiger partial charge is 0.496 e. The highest BCUT2D eigenvalue weighted by Crippen LogP contribution is 2.27. The minimum absolute atomic E-state index is 0.0298. The Hall–Kier alpha value is -3.40. The lowest BCUT2D eigenvalue weighted by molar-refractivity contribution is 0.0730. The summed E-state index contributed by atoms with van der Waals surface area (Å²) in [4.78, 5) is 13.0. The molecular formula is C25H26N2O6S. The molecule has 1 aliphatic rings. The standard InChI is InChI=1S/C25H26N2O6S/c1-18-3-7-20(8-4-18)33-21-9-5-19(6-10-21)26-25(28)23-17-22(11-12-24(23)31-2)34(29,30)27-13-15-32-16-14-27/h3-12,17H,13-16H2,1-2H3,(H,26,28). The van der Waals surface area contributed by atoms with Crippen LogP contribution in [0.1, 0.15) is 15.9 Å². The highest BCUT2D eigenvalue weighted by atomic mass is 32.2. The summed E-state index contributed by atoms with van der Waals surface area (Å²) in [6, 6.07) is 18.9. The number of amides is 1. The van der Waals surface area contributed by atoms with E-state index in [2.05, 4.69) is 5.32 Å². The Balaban J connectivity index is 1.50. The summed E-state index contributed by atoms with van der Waals surface area (Å²) in [5, 5.41) is 2.79. The van der Waals surface area contributed by atoms with Crippen molar-refractivity contribution < 1.29 is 27.4 Å². The number of morpholine rings is 1. The molecule has 3 aromatic carbocycles. The molecule has 34 heavy (non-hydrogen) atoms. The molecule has 0 aromatic heterocycles. The second-order valence-electron chi connectivity index (χ2n) is 7.77. The predicted octanol–water partition coefficient (Wildman–Crippen LogP) is 4.07. The number of ether oxygens (including phenoxy) is 3. The van der Waals surface area contributed by atoms with Gasteiger partial charge in [0.25, 0.3) is 5.91 Å². The minimum atomic E-state index is -3.75. The second kappa shape index (κ2) is 10.3. The molecule has 1 amide bonds. The Morgan fingerprint density at radius 1 is 0.941 bits per heavy atom. The Morgan fingerprint density at radius 2 is 1.56 bits per heavy atom. The summed E-state index contributed by atoms with van der Waals surface area (Å²) in [7, 11) is -2.32. The van der Waals surface area contributed by atoms with Gasteiger partial charge in [-0.3, -0.25) is 4.79 Å². The van der Waals surface area contributed by atoms with E-state index in [1.807, 2.05) is 31.2 Å². The normalized spacial score (nSPS) is 14.4. The van der Waals surface area contributed by atoms with Crippen molar-refractivity contribution in [3.8, 4) is 17.2 Å². The summed E-state index contributed by atoms with van der Waals surface area (Å²) in [6.45, 7) is 3.22. The molecule has 1 saturated heterocycles. The van der Waals surface area contributed by atoms with Crippen molar-refractivity contribution in [3.05, 3.63) is 77.9 Å². The van der Waals surface area contributed by atoms with E-state index in [1.54, 1.807) is 24.3 Å². The van der Waals surface area contributed by atoms with E-state index in [1.165, 1.54) is 29.6 Å². The molecule has 0 spiro atoms. The monoisotopic (exact) mass is 482 g/mol. The van der Waals surface area contributed by atoms with Gasteiger partial charge in [0.1, 0.15) is 17.2 Å². The fourth-order valence-corrected chi connectivity index (χ4v) is 4.94. The molecule has 0 atom stereocenters. The van der Waals surface area contributed by atoms with Crippen LogP contribution in [0.2, 0.25) is 0 Å². The molecule has 8 nitrogen and oxygen atoms in total. The molecule has 1 heterocycles. The Kier molecular flexibility index (Phi) is 7.16. The first-order valence-electron chi connectivity index (χ1n) is 10.8. The van der Waals surface area contributed by atoms with E-state index in [0.717, 1.165) is 5.56 Å². The SMILES string of the molecule is COc1ccc(S(=O)(=O)N2CCOCC2)cc1C(=O)Nc1ccc(Oc2ccc(C)cc2)cc1. The number of hydrogen-bond donors (Lipinski definition) is 1. The lowest BCUT2D eigenvalue weighted by Crippen LogP contribution is -2.40. The number of aryl methyl sites for hydroxylation is 1. The zero-order valence-electron chi connectivity index (χ0n) is 19.0. The summed E-state index contributed by atoms with van der Waals surface area (Å²) in [6.07, 6.45) is 0. The van der Waals surface area contributed by atoms with Crippen molar-refractivity contribution in [3.63, 3.8) is 0 Å². The number of rotatable bonds is 7. The van der Waals surface area contributed by atoms with Crippen LogP contribution in [-0.2, 0) is 14.8 Å². The van der Waals surface area contributed by atoms with Gasteiger partial charge < -0.3 is 19.5 Å². The van der Waals surface area contributed by atoms with Gasteiger partial charge in [0.15, 0.2) is 0 Å². The number of anilines is 1. The first-order valence-corrected chi connectivity index (χ1v) is 12.2. The first-order chi connectivity index (χ1) is 16.4. The van der Waals surface area contributed by atoms with Crippen LogP contribution in [-0.4, -0.2) is 52.0 Å². The van der Waals surface area contributed by atoms with Gasteiger partial charge in [-0.15, -0.1) is 0 Å². The van der Waals surface area contributed by atoms with Crippen molar-refractivity contribution in [2.75, 3.05) is 38.7 Å². The van der Waals surface area contributed by atoms with E-state index in [0.29, 0.717) is 30.4 Å². The quantitative estimate of drug-likeness (QED) is 0.546. The molecule has 1 fully saturated rings. The van der Waals surface area contributed by atoms with E-state index < -0.39 is 15.9 Å². The number of carbonyl (C=O) groups is 1. The molecule has 3 aromatic rings. The topological polar surface area (TPSA) is 94.2 Å². The van der Waals surface area contributed by atoms with E-state index in [9.17, 15) is 13.2 Å². The number of nitrogens with one attached hydrogen (secondary N) is 1. The van der Waals surface area contributed by atoms with Crippen molar-refractivity contribution >= 4 is 21.6 Å². The summed E-state index contributed by atoms with van der Waals surface area (Å²) < 4.78 is 43.7. The van der Waals surface area contributed by atoms with Gasteiger partial charge in [0.05, 0.1) is 30.8 Å². The zero-order valence-corrected chi connectivity index (χ0v) is 19.8. The molecule has 9 heteroatoms. The second-order valence-corrected chi connectivity index (χ2v) is 9.71. The summed E-state index contributed by atoms with van der Waals surface area (Å²) in [5.74, 6) is 1.13. The zero-order chi connectivity index (χ0) is 24.1. The third-order valence-electron chi connectivity index (χ3n) is 5.39. The van der Waals surface area contributed by atoms with Gasteiger partial charge in [-0.1, -0.05) is 17.7 Å². The maximum absolute atomic E-state index is 13.0. The smallest absolute Gasteiger partial charge is 0.259 e. The number of hydrogen-bond acceptors (Lipinski definition) is 6. The molecule has 0 bridgehead atoms. The number of benzene rings is 3. The van der Waals surface area contributed by atoms with E-state index in [4.69, 9.17) is 14.2 Å². The average molecular weight is 483 g/mol.